The largest absolute Gasteiger partial charge is 0.358 e. The maximum atomic E-state index is 13.9. The Morgan fingerprint density at radius 1 is 1.35 bits per heavy atom. The smallest absolute Gasteiger partial charge is 0.143 e. The lowest BCUT2D eigenvalue weighted by Crippen LogP contribution is -2.02. The van der Waals surface area contributed by atoms with Crippen LogP contribution in [0.25, 0.3) is 10.9 Å². The molecule has 0 saturated heterocycles. The zero-order valence-corrected chi connectivity index (χ0v) is 16.4. The third-order valence-corrected chi connectivity index (χ3v) is 4.92. The maximum Gasteiger partial charge on any atom is 0.143 e. The van der Waals surface area contributed by atoms with Crippen LogP contribution in [0.5, 0.6) is 0 Å². The Bertz CT molecular complexity index is 845. The summed E-state index contributed by atoms with van der Waals surface area (Å²) in [4.78, 5) is 3.35. The molecule has 1 heterocycles. The number of hydrogen-bond donors (Lipinski definition) is 1. The number of unbranched alkanes of at least 4 members (excludes halogenated alkanes) is 1. The van der Waals surface area contributed by atoms with E-state index in [1.165, 1.54) is 18.2 Å². The first-order valence-corrected chi connectivity index (χ1v) is 9.49. The van der Waals surface area contributed by atoms with Crippen LogP contribution in [0.2, 0.25) is 5.02 Å². The summed E-state index contributed by atoms with van der Waals surface area (Å²) < 4.78 is 27.7. The summed E-state index contributed by atoms with van der Waals surface area (Å²) in [5, 5.41) is 1.06. The normalized spacial score (nSPS) is 14.1. The predicted molar refractivity (Wildman–Crippen MR) is 108 cm³/mol. The van der Waals surface area contributed by atoms with Crippen LogP contribution in [0.15, 0.2) is 48.3 Å². The zero-order chi connectivity index (χ0) is 19.3. The number of allylic oxidation sites excluding steroid dienone is 5. The molecule has 0 spiro atoms. The van der Waals surface area contributed by atoms with Gasteiger partial charge in [-0.1, -0.05) is 51.4 Å². The quantitative estimate of drug-likeness (QED) is 0.452. The van der Waals surface area contributed by atoms with Crippen molar-refractivity contribution in [1.82, 2.24) is 4.98 Å². The van der Waals surface area contributed by atoms with Crippen LogP contribution >= 0.6 is 11.6 Å². The van der Waals surface area contributed by atoms with E-state index in [2.05, 4.69) is 18.5 Å². The molecule has 26 heavy (non-hydrogen) atoms. The number of aromatic nitrogens is 1. The summed E-state index contributed by atoms with van der Waals surface area (Å²) in [6.07, 6.45) is 8.47. The average molecular weight is 378 g/mol. The number of fused-ring (bicyclic) bond motifs is 1. The fourth-order valence-electron chi connectivity index (χ4n) is 3.24. The average Bonchev–Trinajstić information content (AvgIpc) is 2.96. The van der Waals surface area contributed by atoms with E-state index in [1.54, 1.807) is 6.07 Å². The van der Waals surface area contributed by atoms with E-state index in [0.717, 1.165) is 53.4 Å². The van der Waals surface area contributed by atoms with Crippen LogP contribution in [0.1, 0.15) is 57.2 Å². The van der Waals surface area contributed by atoms with Crippen molar-refractivity contribution in [2.24, 2.45) is 0 Å². The second kappa shape index (κ2) is 9.18. The van der Waals surface area contributed by atoms with Crippen LogP contribution in [0, 0.1) is 5.82 Å². The van der Waals surface area contributed by atoms with Crippen molar-refractivity contribution in [2.45, 2.75) is 52.4 Å². The number of H-pyrrole nitrogens is 1. The van der Waals surface area contributed by atoms with Gasteiger partial charge in [-0.2, -0.15) is 0 Å². The minimum Gasteiger partial charge on any atom is -0.358 e. The summed E-state index contributed by atoms with van der Waals surface area (Å²) in [5.74, 6) is -0.859. The molecule has 140 valence electrons. The molecule has 1 N–H and O–H groups in total. The van der Waals surface area contributed by atoms with E-state index < -0.39 is 5.82 Å². The summed E-state index contributed by atoms with van der Waals surface area (Å²) in [7, 11) is 0. The van der Waals surface area contributed by atoms with Gasteiger partial charge in [0.05, 0.1) is 5.02 Å². The van der Waals surface area contributed by atoms with Crippen LogP contribution in [-0.4, -0.2) is 4.98 Å². The van der Waals surface area contributed by atoms with E-state index in [1.807, 2.05) is 19.9 Å². The topological polar surface area (TPSA) is 15.8 Å². The van der Waals surface area contributed by atoms with Gasteiger partial charge < -0.3 is 4.98 Å². The summed E-state index contributed by atoms with van der Waals surface area (Å²) in [5.41, 5.74) is 3.72. The zero-order valence-electron chi connectivity index (χ0n) is 15.6. The summed E-state index contributed by atoms with van der Waals surface area (Å²) in [6.45, 7) is 9.67. The fraction of sp³-hybridized carbons (Fsp3) is 0.364. The molecule has 0 aliphatic heterocycles. The van der Waals surface area contributed by atoms with E-state index in [0.29, 0.717) is 0 Å². The lowest BCUT2D eigenvalue weighted by molar-refractivity contribution is 0.630. The Morgan fingerprint density at radius 2 is 2.08 bits per heavy atom. The molecular formula is C22H26ClF2N. The van der Waals surface area contributed by atoms with E-state index >= 15 is 0 Å². The van der Waals surface area contributed by atoms with Gasteiger partial charge in [-0.25, -0.2) is 8.78 Å². The lowest BCUT2D eigenvalue weighted by Gasteiger charge is -2.15. The van der Waals surface area contributed by atoms with Crippen LogP contribution < -0.4 is 0 Å². The number of rotatable bonds is 8. The van der Waals surface area contributed by atoms with Gasteiger partial charge >= 0.3 is 0 Å². The standard InChI is InChI=1S/C22H26ClF2N/c1-5-8-10-17-18-12-19(23)20(25)13-21(18)26-22(17)14(4)15(9-6-2)11-16(24)7-3/h7,9,11-14,26H,3,5-6,8,10H2,1-2,4H3/b15-9+,16-11+. The number of aryl methyl sites for hydroxylation is 1. The monoisotopic (exact) mass is 377 g/mol. The van der Waals surface area contributed by atoms with Gasteiger partial charge in [0.2, 0.25) is 0 Å². The molecule has 1 nitrogen and oxygen atoms in total. The summed E-state index contributed by atoms with van der Waals surface area (Å²) >= 11 is 6.01. The molecule has 1 atom stereocenters. The number of benzene rings is 1. The van der Waals surface area contributed by atoms with Crippen LogP contribution in [-0.2, 0) is 6.42 Å². The minimum absolute atomic E-state index is 0.0539. The number of aromatic amines is 1. The van der Waals surface area contributed by atoms with Crippen LogP contribution in [0.4, 0.5) is 8.78 Å². The van der Waals surface area contributed by atoms with Gasteiger partial charge in [0.25, 0.3) is 0 Å². The highest BCUT2D eigenvalue weighted by atomic mass is 35.5. The highest BCUT2D eigenvalue weighted by Crippen LogP contribution is 2.35. The van der Waals surface area contributed by atoms with Crippen molar-refractivity contribution in [3.63, 3.8) is 0 Å². The van der Waals surface area contributed by atoms with Crippen molar-refractivity contribution in [3.05, 3.63) is 70.4 Å². The van der Waals surface area contributed by atoms with Crippen molar-refractivity contribution in [1.29, 1.82) is 0 Å². The van der Waals surface area contributed by atoms with Crippen molar-refractivity contribution >= 4 is 22.5 Å². The molecule has 0 bridgehead atoms. The molecule has 0 aliphatic rings. The Hall–Kier alpha value is -1.87. The predicted octanol–water partition coefficient (Wildman–Crippen LogP) is 7.78. The molecule has 2 rings (SSSR count). The first-order chi connectivity index (χ1) is 12.4. The SMILES string of the molecule is C=C/C(F)=C\C(=C/CC)C(C)c1[nH]c2cc(F)c(Cl)cc2c1CCCC. The van der Waals surface area contributed by atoms with Crippen molar-refractivity contribution in [3.8, 4) is 0 Å². The Labute approximate surface area is 159 Å². The second-order valence-corrected chi connectivity index (χ2v) is 6.91. The molecular weight excluding hydrogens is 352 g/mol. The maximum absolute atomic E-state index is 13.9. The number of hydrogen-bond acceptors (Lipinski definition) is 0. The van der Waals surface area contributed by atoms with Crippen molar-refractivity contribution in [2.75, 3.05) is 0 Å². The summed E-state index contributed by atoms with van der Waals surface area (Å²) in [6, 6.07) is 3.13. The fourth-order valence-corrected chi connectivity index (χ4v) is 3.40. The molecule has 0 amide bonds. The molecule has 0 radical (unpaired) electrons. The van der Waals surface area contributed by atoms with Gasteiger partial charge in [0, 0.05) is 22.5 Å². The molecule has 4 heteroatoms. The van der Waals surface area contributed by atoms with E-state index in [9.17, 15) is 8.78 Å². The first kappa shape index (κ1) is 20.4. The van der Waals surface area contributed by atoms with Crippen molar-refractivity contribution < 1.29 is 8.78 Å². The van der Waals surface area contributed by atoms with Gasteiger partial charge in [-0.05, 0) is 54.7 Å². The van der Waals surface area contributed by atoms with Gasteiger partial charge in [0.1, 0.15) is 11.6 Å². The number of halogens is 3. The number of nitrogens with one attached hydrogen (secondary N) is 1. The molecule has 0 fully saturated rings. The Morgan fingerprint density at radius 3 is 2.69 bits per heavy atom. The first-order valence-electron chi connectivity index (χ1n) is 9.12. The molecule has 0 saturated carbocycles. The lowest BCUT2D eigenvalue weighted by atomic mass is 9.91. The highest BCUT2D eigenvalue weighted by Gasteiger charge is 2.20. The molecule has 2 aromatic rings. The van der Waals surface area contributed by atoms with Gasteiger partial charge in [-0.3, -0.25) is 0 Å². The molecule has 1 aromatic heterocycles. The van der Waals surface area contributed by atoms with Gasteiger partial charge in [-0.15, -0.1) is 0 Å². The Balaban J connectivity index is 2.61. The molecule has 0 aliphatic carbocycles. The van der Waals surface area contributed by atoms with E-state index in [4.69, 9.17) is 11.6 Å². The second-order valence-electron chi connectivity index (χ2n) is 6.50. The van der Waals surface area contributed by atoms with E-state index in [-0.39, 0.29) is 16.8 Å². The van der Waals surface area contributed by atoms with Gasteiger partial charge in [0.15, 0.2) is 0 Å². The van der Waals surface area contributed by atoms with Crippen LogP contribution in [0.3, 0.4) is 0 Å². The molecule has 1 unspecified atom stereocenters. The Kier molecular flexibility index (Phi) is 7.22. The third kappa shape index (κ3) is 4.45. The molecule has 1 aromatic carbocycles. The minimum atomic E-state index is -0.441. The third-order valence-electron chi connectivity index (χ3n) is 4.63. The highest BCUT2D eigenvalue weighted by molar-refractivity contribution is 6.31.